The summed E-state index contributed by atoms with van der Waals surface area (Å²) in [6.45, 7) is 3.53. The number of nitrogens with two attached hydrogens (primary N) is 1. The van der Waals surface area contributed by atoms with Gasteiger partial charge in [0.2, 0.25) is 10.0 Å². The van der Waals surface area contributed by atoms with Crippen LogP contribution >= 0.6 is 0 Å². The van der Waals surface area contributed by atoms with Crippen molar-refractivity contribution in [1.29, 1.82) is 0 Å². The van der Waals surface area contributed by atoms with Gasteiger partial charge >= 0.3 is 5.97 Å². The second kappa shape index (κ2) is 13.1. The molecule has 1 saturated carbocycles. The van der Waals surface area contributed by atoms with E-state index in [0.717, 1.165) is 31.5 Å². The Hall–Kier alpha value is -3.72. The molecular formula is C32H42F2N6O6S. The zero-order chi connectivity index (χ0) is 33.4. The topological polar surface area (TPSA) is 156 Å². The molecule has 12 nitrogen and oxygen atoms in total. The van der Waals surface area contributed by atoms with Crippen molar-refractivity contribution in [3.05, 3.63) is 35.4 Å². The molecule has 15 heteroatoms. The quantitative estimate of drug-likeness (QED) is 0.299. The van der Waals surface area contributed by atoms with Gasteiger partial charge in [-0.05, 0) is 61.8 Å². The predicted octanol–water partition coefficient (Wildman–Crippen LogP) is 3.91. The standard InChI is InChI=1S/C32H42F2N6O6S/c1-2-24(35)30(42)46-17-18-47(43,44)38-22-3-4-23(25(20-22)39-12-8-31(6-7-31)9-13-39)29(41)37-26-19-21-5-16-45-27(21)28(36-26)40-14-10-32(33,34)11-15-40/h3-4,19-20,24,38H,2,5-18,35H2,1H3,(H,36,37,41)/t24-/m0/s1. The number of hydrogen-bond acceptors (Lipinski definition) is 10. The van der Waals surface area contributed by atoms with Crippen molar-refractivity contribution in [2.24, 2.45) is 11.1 Å². The summed E-state index contributed by atoms with van der Waals surface area (Å²) < 4.78 is 66.9. The Bertz CT molecular complexity index is 1620. The molecule has 2 saturated heterocycles. The molecule has 1 amide bonds. The van der Waals surface area contributed by atoms with Crippen LogP contribution in [-0.4, -0.2) is 82.4 Å². The van der Waals surface area contributed by atoms with Crippen LogP contribution in [-0.2, 0) is 26.0 Å². The minimum absolute atomic E-state index is 0.125. The van der Waals surface area contributed by atoms with Gasteiger partial charge in [-0.25, -0.2) is 22.2 Å². The Morgan fingerprint density at radius 2 is 1.77 bits per heavy atom. The second-order valence-electron chi connectivity index (χ2n) is 13.0. The lowest BCUT2D eigenvalue weighted by Gasteiger charge is -2.35. The molecule has 4 heterocycles. The lowest BCUT2D eigenvalue weighted by atomic mass is 9.93. The number of hydrogen-bond donors (Lipinski definition) is 3. The summed E-state index contributed by atoms with van der Waals surface area (Å²) in [6.07, 6.45) is 4.79. The number of aromatic nitrogens is 1. The molecule has 2 aromatic rings. The fraction of sp³-hybridized carbons (Fsp3) is 0.594. The van der Waals surface area contributed by atoms with Crippen molar-refractivity contribution in [1.82, 2.24) is 4.98 Å². The minimum Gasteiger partial charge on any atom is -0.489 e. The van der Waals surface area contributed by atoms with Crippen molar-refractivity contribution in [3.63, 3.8) is 0 Å². The predicted molar refractivity (Wildman–Crippen MR) is 174 cm³/mol. The number of halogens is 2. The molecule has 6 rings (SSSR count). The van der Waals surface area contributed by atoms with Gasteiger partial charge in [0, 0.05) is 51.0 Å². The fourth-order valence-corrected chi connectivity index (χ4v) is 7.28. The molecule has 3 fully saturated rings. The van der Waals surface area contributed by atoms with Gasteiger partial charge < -0.3 is 30.3 Å². The summed E-state index contributed by atoms with van der Waals surface area (Å²) in [6, 6.07) is 5.69. The van der Waals surface area contributed by atoms with E-state index in [9.17, 15) is 26.8 Å². The Balaban J connectivity index is 1.21. The molecule has 1 aromatic carbocycles. The summed E-state index contributed by atoms with van der Waals surface area (Å²) in [5.41, 5.74) is 8.08. The van der Waals surface area contributed by atoms with Gasteiger partial charge in [-0.1, -0.05) is 6.92 Å². The second-order valence-corrected chi connectivity index (χ2v) is 14.9. The molecule has 256 valence electrons. The molecule has 1 atom stereocenters. The van der Waals surface area contributed by atoms with Crippen molar-refractivity contribution in [3.8, 4) is 5.75 Å². The monoisotopic (exact) mass is 676 g/mol. The van der Waals surface area contributed by atoms with Crippen LogP contribution in [0.2, 0.25) is 0 Å². The maximum Gasteiger partial charge on any atom is 0.322 e. The zero-order valence-electron chi connectivity index (χ0n) is 26.5. The Morgan fingerprint density at radius 1 is 1.06 bits per heavy atom. The number of nitrogens with one attached hydrogen (secondary N) is 2. The lowest BCUT2D eigenvalue weighted by molar-refractivity contribution is -0.144. The number of benzene rings is 1. The minimum atomic E-state index is -3.89. The van der Waals surface area contributed by atoms with E-state index in [4.69, 9.17) is 15.2 Å². The third-order valence-electron chi connectivity index (χ3n) is 9.66. The number of rotatable bonds is 11. The fourth-order valence-electron chi connectivity index (χ4n) is 6.39. The van der Waals surface area contributed by atoms with Gasteiger partial charge in [0.25, 0.3) is 11.8 Å². The Morgan fingerprint density at radius 3 is 2.45 bits per heavy atom. The Labute approximate surface area is 273 Å². The maximum atomic E-state index is 13.9. The number of carbonyl (C=O) groups excluding carboxylic acids is 2. The number of fused-ring (bicyclic) bond motifs is 1. The summed E-state index contributed by atoms with van der Waals surface area (Å²) in [7, 11) is -3.89. The summed E-state index contributed by atoms with van der Waals surface area (Å²) in [5, 5.41) is 2.91. The van der Waals surface area contributed by atoms with E-state index in [1.165, 1.54) is 18.9 Å². The van der Waals surface area contributed by atoms with Crippen LogP contribution in [0.4, 0.5) is 31.8 Å². The SMILES string of the molecule is CC[C@H](N)C(=O)OCCS(=O)(=O)Nc1ccc(C(=O)Nc2cc3c(c(N4CCC(F)(F)CC4)n2)OCC3)c(N2CCC3(CC2)CC3)c1. The highest BCUT2D eigenvalue weighted by Gasteiger charge is 2.45. The first-order chi connectivity index (χ1) is 22.4. The van der Waals surface area contributed by atoms with Crippen molar-refractivity contribution in [2.45, 2.75) is 70.3 Å². The van der Waals surface area contributed by atoms with Gasteiger partial charge in [-0.3, -0.25) is 14.3 Å². The van der Waals surface area contributed by atoms with Crippen LogP contribution in [0.15, 0.2) is 24.3 Å². The van der Waals surface area contributed by atoms with Crippen LogP contribution < -0.4 is 30.3 Å². The molecule has 4 N–H and O–H groups in total. The highest BCUT2D eigenvalue weighted by Crippen LogP contribution is 2.54. The van der Waals surface area contributed by atoms with Crippen LogP contribution in [0.25, 0.3) is 0 Å². The molecule has 0 radical (unpaired) electrons. The number of anilines is 4. The van der Waals surface area contributed by atoms with Crippen molar-refractivity contribution < 1.29 is 36.3 Å². The number of nitrogens with zero attached hydrogens (tertiary/aromatic N) is 3. The molecule has 3 aliphatic heterocycles. The maximum absolute atomic E-state index is 13.9. The smallest absolute Gasteiger partial charge is 0.322 e. The van der Waals surface area contributed by atoms with Crippen LogP contribution in [0.3, 0.4) is 0 Å². The highest BCUT2D eigenvalue weighted by atomic mass is 32.2. The van der Waals surface area contributed by atoms with Gasteiger partial charge in [-0.2, -0.15) is 0 Å². The van der Waals surface area contributed by atoms with E-state index in [-0.39, 0.29) is 44.0 Å². The van der Waals surface area contributed by atoms with Crippen molar-refractivity contribution >= 4 is 44.9 Å². The molecule has 4 aliphatic rings. The average Bonchev–Trinajstić information content (AvgIpc) is 3.61. The first kappa shape index (κ1) is 33.2. The molecule has 47 heavy (non-hydrogen) atoms. The molecule has 0 unspecified atom stereocenters. The van der Waals surface area contributed by atoms with Gasteiger partial charge in [0.1, 0.15) is 24.2 Å². The molecule has 1 aromatic heterocycles. The number of sulfonamides is 1. The third-order valence-corrected chi connectivity index (χ3v) is 10.9. The van der Waals surface area contributed by atoms with Crippen molar-refractivity contribution in [2.75, 3.05) is 65.0 Å². The Kier molecular flexibility index (Phi) is 9.22. The third kappa shape index (κ3) is 7.72. The molecule has 1 spiro atoms. The van der Waals surface area contributed by atoms with E-state index in [1.54, 1.807) is 30.0 Å². The number of carbonyl (C=O) groups is 2. The lowest BCUT2D eigenvalue weighted by Crippen LogP contribution is -2.40. The van der Waals surface area contributed by atoms with Crippen LogP contribution in [0, 0.1) is 5.41 Å². The van der Waals surface area contributed by atoms with Gasteiger partial charge in [0.05, 0.1) is 23.5 Å². The molecular weight excluding hydrogens is 634 g/mol. The molecule has 0 bridgehead atoms. The average molecular weight is 677 g/mol. The van der Waals surface area contributed by atoms with Gasteiger partial charge in [0.15, 0.2) is 11.6 Å². The highest BCUT2D eigenvalue weighted by molar-refractivity contribution is 7.92. The van der Waals surface area contributed by atoms with E-state index in [2.05, 4.69) is 19.9 Å². The van der Waals surface area contributed by atoms with E-state index in [1.807, 2.05) is 0 Å². The van der Waals surface area contributed by atoms with Crippen LogP contribution in [0.1, 0.15) is 67.8 Å². The first-order valence-electron chi connectivity index (χ1n) is 16.3. The van der Waals surface area contributed by atoms with E-state index < -0.39 is 39.6 Å². The number of pyridine rings is 1. The van der Waals surface area contributed by atoms with E-state index >= 15 is 0 Å². The number of amides is 1. The summed E-state index contributed by atoms with van der Waals surface area (Å²) >= 11 is 0. The van der Waals surface area contributed by atoms with E-state index in [0.29, 0.717) is 47.7 Å². The molecule has 1 aliphatic carbocycles. The number of piperidine rings is 2. The first-order valence-corrected chi connectivity index (χ1v) is 17.9. The number of ether oxygens (including phenoxy) is 2. The van der Waals surface area contributed by atoms with Crippen LogP contribution in [0.5, 0.6) is 5.75 Å². The van der Waals surface area contributed by atoms with Gasteiger partial charge in [-0.15, -0.1) is 0 Å². The number of alkyl halides is 2. The zero-order valence-corrected chi connectivity index (χ0v) is 27.3. The number of esters is 1. The largest absolute Gasteiger partial charge is 0.489 e. The summed E-state index contributed by atoms with van der Waals surface area (Å²) in [4.78, 5) is 34.2. The summed E-state index contributed by atoms with van der Waals surface area (Å²) in [5.74, 6) is -2.96. The normalized spacial score (nSPS) is 20.3.